The second-order valence-electron chi connectivity index (χ2n) is 3.47. The molecule has 0 saturated carbocycles. The number of fused-ring (bicyclic) bond motifs is 1. The highest BCUT2D eigenvalue weighted by Gasteiger charge is 2.09. The fourth-order valence-electron chi connectivity index (χ4n) is 1.68. The van der Waals surface area contributed by atoms with Crippen LogP contribution in [-0.2, 0) is 6.42 Å². The molecule has 3 aromatic rings. The summed E-state index contributed by atoms with van der Waals surface area (Å²) in [5.41, 5.74) is 6.14. The number of hydrogen-bond acceptors (Lipinski definition) is 6. The minimum absolute atomic E-state index is 0.538. The molecule has 3 aromatic heterocycles. The van der Waals surface area contributed by atoms with E-state index in [0.29, 0.717) is 18.6 Å². The number of rotatable bonds is 3. The largest absolute Gasteiger partial charge is 0.330 e. The van der Waals surface area contributed by atoms with Crippen LogP contribution in [0.15, 0.2) is 24.8 Å². The summed E-state index contributed by atoms with van der Waals surface area (Å²) in [5.74, 6) is 1.60. The van der Waals surface area contributed by atoms with Gasteiger partial charge < -0.3 is 5.73 Å². The van der Waals surface area contributed by atoms with Crippen molar-refractivity contribution < 1.29 is 0 Å². The van der Waals surface area contributed by atoms with E-state index >= 15 is 0 Å². The van der Waals surface area contributed by atoms with Crippen molar-refractivity contribution >= 4 is 5.65 Å². The van der Waals surface area contributed by atoms with E-state index in [2.05, 4.69) is 25.5 Å². The molecule has 0 spiro atoms. The molecule has 0 aliphatic heterocycles. The van der Waals surface area contributed by atoms with Crippen molar-refractivity contribution in [2.45, 2.75) is 6.42 Å². The van der Waals surface area contributed by atoms with E-state index in [4.69, 9.17) is 5.73 Å². The Kier molecular flexibility index (Phi) is 2.26. The monoisotopic (exact) mass is 230 g/mol. The van der Waals surface area contributed by atoms with Gasteiger partial charge in [0.1, 0.15) is 5.82 Å². The maximum atomic E-state index is 5.54. The molecule has 17 heavy (non-hydrogen) atoms. The summed E-state index contributed by atoms with van der Waals surface area (Å²) in [6, 6.07) is 0. The minimum atomic E-state index is 0.538. The van der Waals surface area contributed by atoms with E-state index < -0.39 is 0 Å². The first-order valence-corrected chi connectivity index (χ1v) is 5.15. The Morgan fingerprint density at radius 1 is 1.29 bits per heavy atom. The van der Waals surface area contributed by atoms with E-state index in [0.717, 1.165) is 11.6 Å². The third-order valence-electron chi connectivity index (χ3n) is 2.42. The van der Waals surface area contributed by atoms with Gasteiger partial charge >= 0.3 is 0 Å². The molecule has 3 heterocycles. The van der Waals surface area contributed by atoms with Gasteiger partial charge in [-0.3, -0.25) is 9.55 Å². The van der Waals surface area contributed by atoms with Crippen LogP contribution in [-0.4, -0.2) is 41.1 Å². The van der Waals surface area contributed by atoms with Gasteiger partial charge in [-0.2, -0.15) is 4.52 Å². The SMILES string of the molecule is NCCc1nccn1-c1cncc2nnnn12. The zero-order valence-electron chi connectivity index (χ0n) is 8.93. The fourth-order valence-corrected chi connectivity index (χ4v) is 1.68. The van der Waals surface area contributed by atoms with Gasteiger partial charge in [0.15, 0.2) is 11.5 Å². The number of hydrogen-bond donors (Lipinski definition) is 1. The predicted molar refractivity (Wildman–Crippen MR) is 58.5 cm³/mol. The van der Waals surface area contributed by atoms with Gasteiger partial charge in [0.05, 0.1) is 12.4 Å². The van der Waals surface area contributed by atoms with Crippen molar-refractivity contribution in [2.24, 2.45) is 5.73 Å². The predicted octanol–water partition coefficient (Wildman–Crippen LogP) is -0.794. The molecule has 86 valence electrons. The Bertz CT molecular complexity index is 639. The Hall–Kier alpha value is -2.35. The average Bonchev–Trinajstić information content (AvgIpc) is 2.96. The third-order valence-corrected chi connectivity index (χ3v) is 2.42. The molecule has 2 N–H and O–H groups in total. The van der Waals surface area contributed by atoms with Crippen molar-refractivity contribution in [3.63, 3.8) is 0 Å². The Morgan fingerprint density at radius 2 is 2.24 bits per heavy atom. The Balaban J connectivity index is 2.20. The van der Waals surface area contributed by atoms with Crippen LogP contribution in [0.25, 0.3) is 11.5 Å². The van der Waals surface area contributed by atoms with Gasteiger partial charge in [-0.1, -0.05) is 0 Å². The lowest BCUT2D eigenvalue weighted by atomic mass is 10.4. The summed E-state index contributed by atoms with van der Waals surface area (Å²) in [6.45, 7) is 0.538. The molecule has 0 aromatic carbocycles. The van der Waals surface area contributed by atoms with Crippen molar-refractivity contribution in [3.8, 4) is 5.82 Å². The van der Waals surface area contributed by atoms with Gasteiger partial charge in [0, 0.05) is 18.8 Å². The molecular formula is C9H10N8. The van der Waals surface area contributed by atoms with Crippen LogP contribution in [0, 0.1) is 0 Å². The van der Waals surface area contributed by atoms with Crippen molar-refractivity contribution in [3.05, 3.63) is 30.6 Å². The van der Waals surface area contributed by atoms with Gasteiger partial charge in [0.2, 0.25) is 0 Å². The lowest BCUT2D eigenvalue weighted by molar-refractivity contribution is 0.754. The summed E-state index contributed by atoms with van der Waals surface area (Å²) in [5, 5.41) is 11.4. The molecule has 0 fully saturated rings. The van der Waals surface area contributed by atoms with E-state index in [9.17, 15) is 0 Å². The summed E-state index contributed by atoms with van der Waals surface area (Å²) in [7, 11) is 0. The van der Waals surface area contributed by atoms with Crippen LogP contribution in [0.3, 0.4) is 0 Å². The highest BCUT2D eigenvalue weighted by Crippen LogP contribution is 2.10. The maximum absolute atomic E-state index is 5.54. The molecule has 0 bridgehead atoms. The molecule has 0 aliphatic rings. The number of tetrazole rings is 1. The third kappa shape index (κ3) is 1.54. The van der Waals surface area contributed by atoms with Crippen LogP contribution < -0.4 is 5.73 Å². The number of imidazole rings is 1. The molecule has 0 unspecified atom stereocenters. The molecule has 0 atom stereocenters. The first kappa shape index (κ1) is 9.85. The van der Waals surface area contributed by atoms with Gasteiger partial charge in [-0.25, -0.2) is 4.98 Å². The average molecular weight is 230 g/mol. The lowest BCUT2D eigenvalue weighted by Gasteiger charge is -2.06. The van der Waals surface area contributed by atoms with Gasteiger partial charge in [-0.15, -0.1) is 5.10 Å². The van der Waals surface area contributed by atoms with Crippen molar-refractivity contribution in [1.82, 2.24) is 34.6 Å². The van der Waals surface area contributed by atoms with E-state index in [-0.39, 0.29) is 0 Å². The summed E-state index contributed by atoms with van der Waals surface area (Å²) in [4.78, 5) is 8.35. The zero-order chi connectivity index (χ0) is 11.7. The molecule has 8 nitrogen and oxygen atoms in total. The molecule has 3 rings (SSSR count). The quantitative estimate of drug-likeness (QED) is 0.632. The Morgan fingerprint density at radius 3 is 3.12 bits per heavy atom. The van der Waals surface area contributed by atoms with Crippen LogP contribution >= 0.6 is 0 Å². The number of aromatic nitrogens is 7. The summed E-state index contributed by atoms with van der Waals surface area (Å²) in [6.07, 6.45) is 7.52. The lowest BCUT2D eigenvalue weighted by Crippen LogP contribution is -2.11. The molecular weight excluding hydrogens is 220 g/mol. The highest BCUT2D eigenvalue weighted by atomic mass is 15.5. The number of nitrogens with zero attached hydrogens (tertiary/aromatic N) is 7. The normalized spacial score (nSPS) is 11.1. The first-order chi connectivity index (χ1) is 8.40. The molecule has 0 radical (unpaired) electrons. The smallest absolute Gasteiger partial charge is 0.199 e. The highest BCUT2D eigenvalue weighted by molar-refractivity contribution is 5.38. The maximum Gasteiger partial charge on any atom is 0.199 e. The summed E-state index contributed by atoms with van der Waals surface area (Å²) >= 11 is 0. The topological polar surface area (TPSA) is 99.8 Å². The molecule has 0 amide bonds. The molecule has 0 aliphatic carbocycles. The van der Waals surface area contributed by atoms with Crippen LogP contribution in [0.4, 0.5) is 0 Å². The Labute approximate surface area is 96.1 Å². The van der Waals surface area contributed by atoms with Crippen LogP contribution in [0.5, 0.6) is 0 Å². The van der Waals surface area contributed by atoms with Crippen LogP contribution in [0.1, 0.15) is 5.82 Å². The molecule has 0 saturated heterocycles. The minimum Gasteiger partial charge on any atom is -0.330 e. The van der Waals surface area contributed by atoms with Gasteiger partial charge in [0.25, 0.3) is 0 Å². The van der Waals surface area contributed by atoms with Gasteiger partial charge in [-0.05, 0) is 17.0 Å². The first-order valence-electron chi connectivity index (χ1n) is 5.15. The van der Waals surface area contributed by atoms with E-state index in [1.54, 1.807) is 23.1 Å². The standard InChI is InChI=1S/C9H10N8/c10-2-1-7-12-3-4-16(7)9-6-11-5-8-13-14-15-17(8)9/h3-6H,1-2,10H2. The second kappa shape index (κ2) is 3.91. The van der Waals surface area contributed by atoms with Crippen molar-refractivity contribution in [2.75, 3.05) is 6.54 Å². The van der Waals surface area contributed by atoms with Crippen molar-refractivity contribution in [1.29, 1.82) is 0 Å². The second-order valence-corrected chi connectivity index (χ2v) is 3.47. The number of nitrogens with two attached hydrogens (primary N) is 1. The molecule has 8 heteroatoms. The fraction of sp³-hybridized carbons (Fsp3) is 0.222. The van der Waals surface area contributed by atoms with Crippen LogP contribution in [0.2, 0.25) is 0 Å². The zero-order valence-corrected chi connectivity index (χ0v) is 8.93. The van der Waals surface area contributed by atoms with E-state index in [1.807, 2.05) is 10.8 Å². The summed E-state index contributed by atoms with van der Waals surface area (Å²) < 4.78 is 3.48. The van der Waals surface area contributed by atoms with E-state index in [1.165, 1.54) is 0 Å².